The van der Waals surface area contributed by atoms with Crippen molar-refractivity contribution in [1.82, 2.24) is 0 Å². The zero-order valence-electron chi connectivity index (χ0n) is 10.4. The maximum atomic E-state index is 10.7. The van der Waals surface area contributed by atoms with Crippen LogP contribution in [0.2, 0.25) is 5.02 Å². The zero-order valence-corrected chi connectivity index (χ0v) is 12.0. The van der Waals surface area contributed by atoms with E-state index in [9.17, 15) is 4.79 Å². The van der Waals surface area contributed by atoms with Crippen molar-refractivity contribution >= 4 is 35.3 Å². The van der Waals surface area contributed by atoms with E-state index in [0.29, 0.717) is 16.6 Å². The quantitative estimate of drug-likeness (QED) is 0.736. The first-order valence-corrected chi connectivity index (χ1v) is 7.37. The average Bonchev–Trinajstić information content (AvgIpc) is 2.35. The molecule has 0 aromatic heterocycles. The summed E-state index contributed by atoms with van der Waals surface area (Å²) in [5.74, 6) is 1.07. The number of rotatable bonds is 6. The van der Waals surface area contributed by atoms with Gasteiger partial charge < -0.3 is 4.90 Å². The number of anilines is 1. The zero-order chi connectivity index (χ0) is 12.8. The monoisotopic (exact) mass is 271 g/mol. The van der Waals surface area contributed by atoms with Gasteiger partial charge in [-0.25, -0.2) is 0 Å². The molecule has 1 aromatic rings. The maximum absolute atomic E-state index is 10.7. The van der Waals surface area contributed by atoms with Crippen molar-refractivity contribution in [2.75, 3.05) is 24.0 Å². The first-order chi connectivity index (χ1) is 8.13. The van der Waals surface area contributed by atoms with Crippen LogP contribution in [0.15, 0.2) is 18.2 Å². The summed E-state index contributed by atoms with van der Waals surface area (Å²) in [6.07, 6.45) is 3.99. The van der Waals surface area contributed by atoms with Gasteiger partial charge in [-0.05, 0) is 30.9 Å². The summed E-state index contributed by atoms with van der Waals surface area (Å²) in [4.78, 5) is 12.8. The molecule has 0 aliphatic rings. The largest absolute Gasteiger partial charge is 0.370 e. The van der Waals surface area contributed by atoms with Gasteiger partial charge in [0.25, 0.3) is 0 Å². The van der Waals surface area contributed by atoms with E-state index in [2.05, 4.69) is 18.1 Å². The molecule has 0 amide bonds. The molecule has 0 spiro atoms. The molecule has 17 heavy (non-hydrogen) atoms. The number of aldehydes is 1. The van der Waals surface area contributed by atoms with Crippen molar-refractivity contribution in [3.8, 4) is 0 Å². The normalized spacial score (nSPS) is 12.2. The molecule has 1 rings (SSSR count). The third kappa shape index (κ3) is 3.65. The summed E-state index contributed by atoms with van der Waals surface area (Å²) >= 11 is 8.03. The maximum Gasteiger partial charge on any atom is 0.150 e. The number of carbonyl (C=O) groups is 1. The van der Waals surface area contributed by atoms with Crippen LogP contribution in [0.4, 0.5) is 5.69 Å². The predicted octanol–water partition coefficient (Wildman–Crippen LogP) is 3.73. The van der Waals surface area contributed by atoms with Crippen LogP contribution in [0.1, 0.15) is 23.7 Å². The van der Waals surface area contributed by atoms with E-state index in [1.807, 2.05) is 24.9 Å². The van der Waals surface area contributed by atoms with E-state index in [0.717, 1.165) is 24.1 Å². The summed E-state index contributed by atoms with van der Waals surface area (Å²) in [5, 5.41) is 0.636. The molecule has 0 saturated carbocycles. The minimum atomic E-state index is 0.463. The van der Waals surface area contributed by atoms with Gasteiger partial charge in [0, 0.05) is 24.4 Å². The Kier molecular flexibility index (Phi) is 5.86. The SMILES string of the molecule is CCC(CSC)N(C)c1ccc(C=O)cc1Cl. The van der Waals surface area contributed by atoms with Crippen molar-refractivity contribution in [3.63, 3.8) is 0 Å². The summed E-state index contributed by atoms with van der Waals surface area (Å²) in [7, 11) is 2.05. The average molecular weight is 272 g/mol. The lowest BCUT2D eigenvalue weighted by atomic mass is 10.1. The Labute approximate surface area is 112 Å². The Balaban J connectivity index is 2.94. The molecular weight excluding hydrogens is 254 g/mol. The van der Waals surface area contributed by atoms with Crippen LogP contribution in [0.3, 0.4) is 0 Å². The Morgan fingerprint density at radius 2 is 2.24 bits per heavy atom. The van der Waals surface area contributed by atoms with Crippen molar-refractivity contribution < 1.29 is 4.79 Å². The number of nitrogens with zero attached hydrogens (tertiary/aromatic N) is 1. The van der Waals surface area contributed by atoms with E-state index in [-0.39, 0.29) is 0 Å². The molecule has 0 aliphatic carbocycles. The molecule has 1 aromatic carbocycles. The lowest BCUT2D eigenvalue weighted by molar-refractivity contribution is 0.112. The molecule has 0 radical (unpaired) electrons. The van der Waals surface area contributed by atoms with E-state index >= 15 is 0 Å². The van der Waals surface area contributed by atoms with Crippen molar-refractivity contribution in [2.24, 2.45) is 0 Å². The molecule has 0 saturated heterocycles. The molecule has 94 valence electrons. The number of hydrogen-bond donors (Lipinski definition) is 0. The van der Waals surface area contributed by atoms with Gasteiger partial charge in [-0.2, -0.15) is 11.8 Å². The van der Waals surface area contributed by atoms with Crippen LogP contribution < -0.4 is 4.90 Å². The third-order valence-corrected chi connectivity index (χ3v) is 3.89. The lowest BCUT2D eigenvalue weighted by Gasteiger charge is -2.29. The van der Waals surface area contributed by atoms with Crippen LogP contribution in [-0.4, -0.2) is 31.4 Å². The Morgan fingerprint density at radius 3 is 2.71 bits per heavy atom. The van der Waals surface area contributed by atoms with Crippen LogP contribution in [0.5, 0.6) is 0 Å². The van der Waals surface area contributed by atoms with Gasteiger partial charge in [-0.3, -0.25) is 4.79 Å². The van der Waals surface area contributed by atoms with Crippen LogP contribution in [0.25, 0.3) is 0 Å². The van der Waals surface area contributed by atoms with Crippen molar-refractivity contribution in [3.05, 3.63) is 28.8 Å². The number of hydrogen-bond acceptors (Lipinski definition) is 3. The van der Waals surface area contributed by atoms with Gasteiger partial charge in [0.05, 0.1) is 10.7 Å². The minimum absolute atomic E-state index is 0.463. The molecule has 1 atom stereocenters. The van der Waals surface area contributed by atoms with E-state index < -0.39 is 0 Å². The molecule has 4 heteroatoms. The highest BCUT2D eigenvalue weighted by atomic mass is 35.5. The second kappa shape index (κ2) is 6.92. The number of benzene rings is 1. The second-order valence-electron chi connectivity index (χ2n) is 3.96. The molecule has 1 unspecified atom stereocenters. The van der Waals surface area contributed by atoms with Gasteiger partial charge in [0.15, 0.2) is 0 Å². The highest BCUT2D eigenvalue weighted by molar-refractivity contribution is 7.98. The standard InChI is InChI=1S/C13H18ClNOS/c1-4-11(9-17-3)15(2)13-6-5-10(8-16)7-12(13)14/h5-8,11H,4,9H2,1-3H3. The van der Waals surface area contributed by atoms with Gasteiger partial charge >= 0.3 is 0 Å². The van der Waals surface area contributed by atoms with E-state index in [4.69, 9.17) is 11.6 Å². The molecule has 0 aliphatic heterocycles. The smallest absolute Gasteiger partial charge is 0.150 e. The topological polar surface area (TPSA) is 20.3 Å². The summed E-state index contributed by atoms with van der Waals surface area (Å²) in [6.45, 7) is 2.17. The van der Waals surface area contributed by atoms with Gasteiger partial charge in [0.1, 0.15) is 6.29 Å². The molecule has 2 nitrogen and oxygen atoms in total. The first-order valence-electron chi connectivity index (χ1n) is 5.60. The molecule has 0 N–H and O–H groups in total. The highest BCUT2D eigenvalue weighted by Gasteiger charge is 2.15. The van der Waals surface area contributed by atoms with E-state index in [1.54, 1.807) is 12.1 Å². The lowest BCUT2D eigenvalue weighted by Crippen LogP contribution is -2.33. The molecule has 0 bridgehead atoms. The highest BCUT2D eigenvalue weighted by Crippen LogP contribution is 2.28. The fourth-order valence-electron chi connectivity index (χ4n) is 1.78. The summed E-state index contributed by atoms with van der Waals surface area (Å²) in [5.41, 5.74) is 1.60. The fourth-order valence-corrected chi connectivity index (χ4v) is 2.94. The molecule has 0 heterocycles. The number of halogens is 1. The van der Waals surface area contributed by atoms with Gasteiger partial charge in [-0.1, -0.05) is 18.5 Å². The van der Waals surface area contributed by atoms with E-state index in [1.165, 1.54) is 0 Å². The number of carbonyl (C=O) groups excluding carboxylic acids is 1. The Bertz CT molecular complexity index is 384. The predicted molar refractivity (Wildman–Crippen MR) is 77.7 cm³/mol. The Hall–Kier alpha value is -0.670. The second-order valence-corrected chi connectivity index (χ2v) is 5.27. The third-order valence-electron chi connectivity index (χ3n) is 2.87. The van der Waals surface area contributed by atoms with Gasteiger partial charge in [-0.15, -0.1) is 0 Å². The fraction of sp³-hybridized carbons (Fsp3) is 0.462. The summed E-state index contributed by atoms with van der Waals surface area (Å²) < 4.78 is 0. The summed E-state index contributed by atoms with van der Waals surface area (Å²) in [6, 6.07) is 5.89. The first kappa shape index (κ1) is 14.4. The van der Waals surface area contributed by atoms with Gasteiger partial charge in [0.2, 0.25) is 0 Å². The minimum Gasteiger partial charge on any atom is -0.370 e. The van der Waals surface area contributed by atoms with Crippen LogP contribution in [0, 0.1) is 0 Å². The van der Waals surface area contributed by atoms with Crippen molar-refractivity contribution in [2.45, 2.75) is 19.4 Å². The number of thioether (sulfide) groups is 1. The Morgan fingerprint density at radius 1 is 1.53 bits per heavy atom. The van der Waals surface area contributed by atoms with Crippen LogP contribution in [-0.2, 0) is 0 Å². The van der Waals surface area contributed by atoms with Crippen molar-refractivity contribution in [1.29, 1.82) is 0 Å². The van der Waals surface area contributed by atoms with Crippen LogP contribution >= 0.6 is 23.4 Å². The molecular formula is C13H18ClNOS. The molecule has 0 fully saturated rings.